The third-order valence-electron chi connectivity index (χ3n) is 4.71. The van der Waals surface area contributed by atoms with Crippen LogP contribution >= 0.6 is 0 Å². The first kappa shape index (κ1) is 14.3. The third-order valence-corrected chi connectivity index (χ3v) is 4.71. The van der Waals surface area contributed by atoms with Crippen LogP contribution in [0.3, 0.4) is 0 Å². The predicted octanol–water partition coefficient (Wildman–Crippen LogP) is 3.60. The summed E-state index contributed by atoms with van der Waals surface area (Å²) in [7, 11) is 1.93. The Bertz CT molecular complexity index is 569. The topological polar surface area (TPSA) is 51.0 Å². The third kappa shape index (κ3) is 2.48. The van der Waals surface area contributed by atoms with Crippen LogP contribution in [0.15, 0.2) is 34.9 Å². The first-order chi connectivity index (χ1) is 10.3. The summed E-state index contributed by atoms with van der Waals surface area (Å²) < 4.78 is 5.54. The maximum atomic E-state index is 5.54. The van der Waals surface area contributed by atoms with Crippen LogP contribution in [0.5, 0.6) is 0 Å². The molecule has 112 valence electrons. The molecule has 3 rings (SSSR count). The Balaban J connectivity index is 1.99. The molecule has 1 aliphatic carbocycles. The second-order valence-electron chi connectivity index (χ2n) is 5.86. The molecule has 1 aliphatic rings. The average molecular weight is 285 g/mol. The molecule has 4 nitrogen and oxygen atoms in total. The molecule has 0 amide bonds. The van der Waals surface area contributed by atoms with E-state index >= 15 is 0 Å². The van der Waals surface area contributed by atoms with E-state index in [-0.39, 0.29) is 11.5 Å². The summed E-state index contributed by atoms with van der Waals surface area (Å²) in [6, 6.07) is 10.8. The molecule has 4 heteroatoms. The van der Waals surface area contributed by atoms with Gasteiger partial charge in [-0.1, -0.05) is 55.3 Å². The Morgan fingerprint density at radius 2 is 1.95 bits per heavy atom. The van der Waals surface area contributed by atoms with Gasteiger partial charge in [-0.15, -0.1) is 0 Å². The van der Waals surface area contributed by atoms with Crippen molar-refractivity contribution in [2.45, 2.75) is 50.5 Å². The Morgan fingerprint density at radius 1 is 1.24 bits per heavy atom. The molecule has 0 aliphatic heterocycles. The van der Waals surface area contributed by atoms with Crippen LogP contribution in [0.4, 0.5) is 0 Å². The van der Waals surface area contributed by atoms with Crippen LogP contribution in [0, 0.1) is 0 Å². The minimum atomic E-state index is -0.0605. The maximum absolute atomic E-state index is 5.54. The summed E-state index contributed by atoms with van der Waals surface area (Å²) in [4.78, 5) is 4.74. The lowest BCUT2D eigenvalue weighted by atomic mass is 9.78. The number of nitrogens with one attached hydrogen (secondary N) is 1. The fourth-order valence-corrected chi connectivity index (χ4v) is 3.45. The van der Waals surface area contributed by atoms with Crippen molar-refractivity contribution >= 4 is 0 Å². The first-order valence-electron chi connectivity index (χ1n) is 7.87. The van der Waals surface area contributed by atoms with E-state index in [2.05, 4.69) is 47.7 Å². The Hall–Kier alpha value is -1.68. The highest BCUT2D eigenvalue weighted by Gasteiger charge is 2.41. The van der Waals surface area contributed by atoms with Crippen molar-refractivity contribution < 1.29 is 4.52 Å². The quantitative estimate of drug-likeness (QED) is 0.912. The van der Waals surface area contributed by atoms with E-state index in [1.807, 2.05) is 7.05 Å². The van der Waals surface area contributed by atoms with Gasteiger partial charge < -0.3 is 9.84 Å². The highest BCUT2D eigenvalue weighted by atomic mass is 16.5. The van der Waals surface area contributed by atoms with Crippen LogP contribution in [-0.2, 0) is 5.41 Å². The average Bonchev–Trinajstić information content (AvgIpc) is 3.19. The van der Waals surface area contributed by atoms with E-state index in [1.54, 1.807) is 0 Å². The molecule has 1 heterocycles. The van der Waals surface area contributed by atoms with Crippen LogP contribution in [-0.4, -0.2) is 17.2 Å². The van der Waals surface area contributed by atoms with Crippen LogP contribution in [0.2, 0.25) is 0 Å². The lowest BCUT2D eigenvalue weighted by Crippen LogP contribution is -2.25. The van der Waals surface area contributed by atoms with Crippen molar-refractivity contribution in [1.29, 1.82) is 0 Å². The molecule has 0 spiro atoms. The lowest BCUT2D eigenvalue weighted by Gasteiger charge is -2.25. The molecule has 1 atom stereocenters. The zero-order valence-corrected chi connectivity index (χ0v) is 12.8. The summed E-state index contributed by atoms with van der Waals surface area (Å²) in [5.41, 5.74) is 1.25. The summed E-state index contributed by atoms with van der Waals surface area (Å²) in [5, 5.41) is 7.57. The van der Waals surface area contributed by atoms with E-state index < -0.39 is 0 Å². The largest absolute Gasteiger partial charge is 0.338 e. The van der Waals surface area contributed by atoms with Gasteiger partial charge in [0.2, 0.25) is 5.89 Å². The van der Waals surface area contributed by atoms with Crippen molar-refractivity contribution in [2.75, 3.05) is 7.05 Å². The Morgan fingerprint density at radius 3 is 2.57 bits per heavy atom. The van der Waals surface area contributed by atoms with Gasteiger partial charge in [-0.05, 0) is 31.9 Å². The van der Waals surface area contributed by atoms with Gasteiger partial charge in [0, 0.05) is 0 Å². The molecule has 1 unspecified atom stereocenters. The fourth-order valence-electron chi connectivity index (χ4n) is 3.45. The number of benzene rings is 1. The van der Waals surface area contributed by atoms with Gasteiger partial charge >= 0.3 is 0 Å². The molecule has 1 aromatic carbocycles. The Labute approximate surface area is 126 Å². The first-order valence-corrected chi connectivity index (χ1v) is 7.87. The smallest absolute Gasteiger partial charge is 0.243 e. The fraction of sp³-hybridized carbons (Fsp3) is 0.529. The van der Waals surface area contributed by atoms with Crippen molar-refractivity contribution in [1.82, 2.24) is 15.5 Å². The molecule has 0 bridgehead atoms. The maximum Gasteiger partial charge on any atom is 0.243 e. The van der Waals surface area contributed by atoms with E-state index in [9.17, 15) is 0 Å². The predicted molar refractivity (Wildman–Crippen MR) is 82.1 cm³/mol. The number of nitrogens with zero attached hydrogens (tertiary/aromatic N) is 2. The van der Waals surface area contributed by atoms with Gasteiger partial charge in [-0.3, -0.25) is 0 Å². The van der Waals surface area contributed by atoms with E-state index in [4.69, 9.17) is 9.51 Å². The number of rotatable bonds is 5. The standard InChI is InChI=1S/C17H23N3O/c1-3-14(18-2)15-19-16(20-21-15)17(11-7-8-12-17)13-9-5-4-6-10-13/h4-6,9-10,14,18H,3,7-8,11-12H2,1-2H3. The molecule has 1 saturated carbocycles. The van der Waals surface area contributed by atoms with E-state index in [0.717, 1.165) is 25.1 Å². The number of hydrogen-bond acceptors (Lipinski definition) is 4. The molecule has 0 saturated heterocycles. The van der Waals surface area contributed by atoms with Gasteiger partial charge in [-0.25, -0.2) is 0 Å². The van der Waals surface area contributed by atoms with Gasteiger partial charge in [0.25, 0.3) is 0 Å². The van der Waals surface area contributed by atoms with Crippen molar-refractivity contribution in [3.63, 3.8) is 0 Å². The normalized spacial score (nSPS) is 18.8. The molecule has 1 fully saturated rings. The zero-order chi connectivity index (χ0) is 14.7. The molecule has 0 radical (unpaired) electrons. The molecular formula is C17H23N3O. The highest BCUT2D eigenvalue weighted by molar-refractivity contribution is 5.33. The molecule has 2 aromatic rings. The minimum Gasteiger partial charge on any atom is -0.338 e. The number of aromatic nitrogens is 2. The van der Waals surface area contributed by atoms with Gasteiger partial charge in [0.05, 0.1) is 11.5 Å². The molecule has 1 N–H and O–H groups in total. The van der Waals surface area contributed by atoms with E-state index in [0.29, 0.717) is 5.89 Å². The lowest BCUT2D eigenvalue weighted by molar-refractivity contribution is 0.325. The highest BCUT2D eigenvalue weighted by Crippen LogP contribution is 2.45. The monoisotopic (exact) mass is 285 g/mol. The van der Waals surface area contributed by atoms with Gasteiger partial charge in [-0.2, -0.15) is 4.98 Å². The van der Waals surface area contributed by atoms with Crippen molar-refractivity contribution in [3.8, 4) is 0 Å². The van der Waals surface area contributed by atoms with Crippen LogP contribution in [0.1, 0.15) is 62.3 Å². The van der Waals surface area contributed by atoms with Gasteiger partial charge in [0.1, 0.15) is 0 Å². The van der Waals surface area contributed by atoms with Gasteiger partial charge in [0.15, 0.2) is 5.82 Å². The van der Waals surface area contributed by atoms with Crippen LogP contribution in [0.25, 0.3) is 0 Å². The van der Waals surface area contributed by atoms with Crippen molar-refractivity contribution in [3.05, 3.63) is 47.6 Å². The summed E-state index contributed by atoms with van der Waals surface area (Å²) in [5.74, 6) is 1.56. The molecule has 21 heavy (non-hydrogen) atoms. The van der Waals surface area contributed by atoms with E-state index in [1.165, 1.54) is 18.4 Å². The second kappa shape index (κ2) is 5.98. The summed E-state index contributed by atoms with van der Waals surface area (Å²) >= 11 is 0. The Kier molecular flexibility index (Phi) is 4.06. The second-order valence-corrected chi connectivity index (χ2v) is 5.86. The summed E-state index contributed by atoms with van der Waals surface area (Å²) in [6.07, 6.45) is 5.60. The minimum absolute atomic E-state index is 0.0605. The molecule has 1 aromatic heterocycles. The number of hydrogen-bond donors (Lipinski definition) is 1. The zero-order valence-electron chi connectivity index (χ0n) is 12.8. The SMILES string of the molecule is CCC(NC)c1nc(C2(c3ccccc3)CCCC2)no1. The summed E-state index contributed by atoms with van der Waals surface area (Å²) in [6.45, 7) is 2.12. The van der Waals surface area contributed by atoms with Crippen molar-refractivity contribution in [2.24, 2.45) is 0 Å². The molecular weight excluding hydrogens is 262 g/mol. The van der Waals surface area contributed by atoms with Crippen LogP contribution < -0.4 is 5.32 Å².